The molecule has 0 saturated carbocycles. The molecule has 1 rings (SSSR count). The van der Waals surface area contributed by atoms with Crippen LogP contribution in [0.4, 0.5) is 8.78 Å². The van der Waals surface area contributed by atoms with E-state index >= 15 is 0 Å². The van der Waals surface area contributed by atoms with E-state index in [-0.39, 0.29) is 11.8 Å². The van der Waals surface area contributed by atoms with Crippen molar-refractivity contribution in [3.05, 3.63) is 23.8 Å². The molecule has 0 saturated heterocycles. The second kappa shape index (κ2) is 7.59. The van der Waals surface area contributed by atoms with Crippen LogP contribution in [0.3, 0.4) is 0 Å². The van der Waals surface area contributed by atoms with Gasteiger partial charge in [-0.2, -0.15) is 8.78 Å². The Hall–Kier alpha value is -1.80. The van der Waals surface area contributed by atoms with E-state index < -0.39 is 6.61 Å². The van der Waals surface area contributed by atoms with Gasteiger partial charge in [0.15, 0.2) is 11.5 Å². The van der Waals surface area contributed by atoms with Crippen molar-refractivity contribution < 1.29 is 18.3 Å². The van der Waals surface area contributed by atoms with Crippen LogP contribution in [0.2, 0.25) is 0 Å². The Bertz CT molecular complexity index is 444. The Morgan fingerprint density at radius 1 is 1.37 bits per heavy atom. The van der Waals surface area contributed by atoms with Crippen molar-refractivity contribution in [3.8, 4) is 23.8 Å². The minimum atomic E-state index is -2.87. The van der Waals surface area contributed by atoms with Gasteiger partial charge >= 0.3 is 6.61 Å². The summed E-state index contributed by atoms with van der Waals surface area (Å²) in [6, 6.07) is 4.76. The van der Waals surface area contributed by atoms with E-state index in [9.17, 15) is 8.78 Å². The Balaban J connectivity index is 2.80. The lowest BCUT2D eigenvalue weighted by molar-refractivity contribution is -0.0514. The number of terminal acetylenes is 1. The molecule has 0 fully saturated rings. The van der Waals surface area contributed by atoms with Crippen LogP contribution in [0.25, 0.3) is 0 Å². The predicted molar refractivity (Wildman–Crippen MR) is 69.4 cm³/mol. The first kappa shape index (κ1) is 15.3. The number of ether oxygens (including phenoxy) is 2. The van der Waals surface area contributed by atoms with E-state index in [1.165, 1.54) is 6.07 Å². The summed E-state index contributed by atoms with van der Waals surface area (Å²) in [5, 5.41) is 3.10. The Morgan fingerprint density at radius 2 is 2.11 bits per heavy atom. The second-order valence-electron chi connectivity index (χ2n) is 3.86. The number of benzene rings is 1. The van der Waals surface area contributed by atoms with E-state index in [0.29, 0.717) is 18.9 Å². The van der Waals surface area contributed by atoms with Crippen molar-refractivity contribution in [1.82, 2.24) is 5.32 Å². The molecular formula is C14H17F2NO2. The molecule has 0 aliphatic carbocycles. The summed E-state index contributed by atoms with van der Waals surface area (Å²) < 4.78 is 34.1. The average Bonchev–Trinajstić information content (AvgIpc) is 2.38. The largest absolute Gasteiger partial charge is 0.490 e. The van der Waals surface area contributed by atoms with Crippen molar-refractivity contribution in [3.63, 3.8) is 0 Å². The quantitative estimate of drug-likeness (QED) is 0.772. The van der Waals surface area contributed by atoms with Crippen LogP contribution in [-0.2, 0) is 6.54 Å². The zero-order chi connectivity index (χ0) is 14.3. The summed E-state index contributed by atoms with van der Waals surface area (Å²) in [7, 11) is 0. The van der Waals surface area contributed by atoms with Gasteiger partial charge in [-0.15, -0.1) is 6.42 Å². The third-order valence-corrected chi connectivity index (χ3v) is 2.39. The van der Waals surface area contributed by atoms with Crippen LogP contribution in [0.1, 0.15) is 19.4 Å². The maximum Gasteiger partial charge on any atom is 0.387 e. The van der Waals surface area contributed by atoms with Gasteiger partial charge in [0.2, 0.25) is 0 Å². The third kappa shape index (κ3) is 5.14. The van der Waals surface area contributed by atoms with Crippen LogP contribution in [-0.4, -0.2) is 19.3 Å². The number of rotatable bonds is 7. The normalized spacial score (nSPS) is 12.0. The topological polar surface area (TPSA) is 30.5 Å². The van der Waals surface area contributed by atoms with E-state index in [1.54, 1.807) is 19.1 Å². The number of nitrogens with one attached hydrogen (secondary N) is 1. The van der Waals surface area contributed by atoms with Crippen LogP contribution in [0.15, 0.2) is 18.2 Å². The van der Waals surface area contributed by atoms with Gasteiger partial charge in [0.25, 0.3) is 0 Å². The summed E-state index contributed by atoms with van der Waals surface area (Å²) in [5.41, 5.74) is 0.882. The standard InChI is InChI=1S/C14H17F2NO2/c1-4-10(3)17-9-11-6-7-12(19-14(15)16)13(8-11)18-5-2/h1,6-8,10,14,17H,5,9H2,2-3H3. The van der Waals surface area contributed by atoms with E-state index in [4.69, 9.17) is 11.2 Å². The Kier molecular flexibility index (Phi) is 6.10. The molecule has 3 nitrogen and oxygen atoms in total. The molecule has 0 amide bonds. The molecule has 5 heteroatoms. The summed E-state index contributed by atoms with van der Waals surface area (Å²) in [5.74, 6) is 2.88. The number of hydrogen-bond acceptors (Lipinski definition) is 3. The molecule has 0 spiro atoms. The molecule has 0 aliphatic rings. The first-order valence-corrected chi connectivity index (χ1v) is 5.96. The van der Waals surface area contributed by atoms with Gasteiger partial charge in [0, 0.05) is 6.54 Å². The van der Waals surface area contributed by atoms with Gasteiger partial charge in [-0.25, -0.2) is 0 Å². The molecule has 0 aliphatic heterocycles. The molecule has 1 aromatic carbocycles. The van der Waals surface area contributed by atoms with E-state index in [0.717, 1.165) is 5.56 Å². The van der Waals surface area contributed by atoms with Gasteiger partial charge in [0.05, 0.1) is 12.6 Å². The van der Waals surface area contributed by atoms with Gasteiger partial charge in [-0.3, -0.25) is 5.32 Å². The highest BCUT2D eigenvalue weighted by Gasteiger charge is 2.11. The van der Waals surface area contributed by atoms with Gasteiger partial charge < -0.3 is 9.47 Å². The summed E-state index contributed by atoms with van der Waals surface area (Å²) in [6.45, 7) is 1.66. The van der Waals surface area contributed by atoms with Crippen molar-refractivity contribution in [1.29, 1.82) is 0 Å². The SMILES string of the molecule is C#CC(C)NCc1ccc(OC(F)F)c(OCC)c1. The molecule has 0 heterocycles. The predicted octanol–water partition coefficient (Wildman–Crippen LogP) is 2.80. The highest BCUT2D eigenvalue weighted by molar-refractivity contribution is 5.43. The van der Waals surface area contributed by atoms with Gasteiger partial charge in [-0.1, -0.05) is 12.0 Å². The lowest BCUT2D eigenvalue weighted by Crippen LogP contribution is -2.23. The minimum Gasteiger partial charge on any atom is -0.490 e. The lowest BCUT2D eigenvalue weighted by atomic mass is 10.2. The highest BCUT2D eigenvalue weighted by atomic mass is 19.3. The molecule has 1 N–H and O–H groups in total. The lowest BCUT2D eigenvalue weighted by Gasteiger charge is -2.13. The van der Waals surface area contributed by atoms with Gasteiger partial charge in [0.1, 0.15) is 0 Å². The summed E-state index contributed by atoms with van der Waals surface area (Å²) >= 11 is 0. The minimum absolute atomic E-state index is 0.0330. The molecule has 1 atom stereocenters. The number of halogens is 2. The van der Waals surface area contributed by atoms with Crippen LogP contribution in [0.5, 0.6) is 11.5 Å². The van der Waals surface area contributed by atoms with Crippen LogP contribution >= 0.6 is 0 Å². The maximum atomic E-state index is 12.2. The van der Waals surface area contributed by atoms with Crippen molar-refractivity contribution in [2.75, 3.05) is 6.61 Å². The fourth-order valence-corrected chi connectivity index (χ4v) is 1.45. The van der Waals surface area contributed by atoms with Crippen molar-refractivity contribution in [2.24, 2.45) is 0 Å². The number of hydrogen-bond donors (Lipinski definition) is 1. The Morgan fingerprint density at radius 3 is 2.68 bits per heavy atom. The average molecular weight is 269 g/mol. The second-order valence-corrected chi connectivity index (χ2v) is 3.86. The zero-order valence-corrected chi connectivity index (χ0v) is 11.0. The number of alkyl halides is 2. The summed E-state index contributed by atoms with van der Waals surface area (Å²) in [6.07, 6.45) is 5.25. The smallest absolute Gasteiger partial charge is 0.387 e. The first-order valence-electron chi connectivity index (χ1n) is 5.96. The molecule has 0 aromatic heterocycles. The maximum absolute atomic E-state index is 12.2. The first-order chi connectivity index (χ1) is 9.06. The molecule has 19 heavy (non-hydrogen) atoms. The highest BCUT2D eigenvalue weighted by Crippen LogP contribution is 2.29. The van der Waals surface area contributed by atoms with Crippen LogP contribution in [0, 0.1) is 12.3 Å². The molecule has 0 bridgehead atoms. The molecule has 0 radical (unpaired) electrons. The van der Waals surface area contributed by atoms with Crippen molar-refractivity contribution >= 4 is 0 Å². The summed E-state index contributed by atoms with van der Waals surface area (Å²) in [4.78, 5) is 0. The van der Waals surface area contributed by atoms with Crippen molar-refractivity contribution in [2.45, 2.75) is 33.0 Å². The molecular weight excluding hydrogens is 252 g/mol. The van der Waals surface area contributed by atoms with E-state index in [1.807, 2.05) is 6.92 Å². The Labute approximate surface area is 111 Å². The molecule has 1 aromatic rings. The zero-order valence-electron chi connectivity index (χ0n) is 11.0. The molecule has 104 valence electrons. The van der Waals surface area contributed by atoms with Gasteiger partial charge in [-0.05, 0) is 31.5 Å². The monoisotopic (exact) mass is 269 g/mol. The van der Waals surface area contributed by atoms with E-state index in [2.05, 4.69) is 16.0 Å². The van der Waals surface area contributed by atoms with Crippen LogP contribution < -0.4 is 14.8 Å². The third-order valence-electron chi connectivity index (χ3n) is 2.39. The fourth-order valence-electron chi connectivity index (χ4n) is 1.45. The fraction of sp³-hybridized carbons (Fsp3) is 0.429. The molecule has 1 unspecified atom stereocenters.